The van der Waals surface area contributed by atoms with Gasteiger partial charge >= 0.3 is 0 Å². The molecule has 2 N–H and O–H groups in total. The highest BCUT2D eigenvalue weighted by Crippen LogP contribution is 2.16. The van der Waals surface area contributed by atoms with Crippen LogP contribution in [0.3, 0.4) is 0 Å². The molecular weight excluding hydrogens is 489 g/mol. The number of rotatable bonds is 6. The second-order valence-corrected chi connectivity index (χ2v) is 7.14. The van der Waals surface area contributed by atoms with E-state index < -0.39 is 11.6 Å². The molecule has 3 rings (SSSR count). The number of fused-ring (bicyclic) bond motifs is 1. The third-order valence-electron chi connectivity index (χ3n) is 5.08. The van der Waals surface area contributed by atoms with Crippen LogP contribution in [0.15, 0.2) is 23.2 Å². The van der Waals surface area contributed by atoms with Gasteiger partial charge in [0.2, 0.25) is 0 Å². The number of aryl methyl sites for hydroxylation is 2. The fourth-order valence-electron chi connectivity index (χ4n) is 3.45. The largest absolute Gasteiger partial charge is 0.356 e. The van der Waals surface area contributed by atoms with Gasteiger partial charge in [0.25, 0.3) is 0 Å². The number of benzene rings is 1. The molecule has 1 aromatic heterocycles. The van der Waals surface area contributed by atoms with Crippen LogP contribution in [0.2, 0.25) is 0 Å². The minimum Gasteiger partial charge on any atom is -0.356 e. The van der Waals surface area contributed by atoms with E-state index >= 15 is 0 Å². The van der Waals surface area contributed by atoms with Crippen molar-refractivity contribution in [2.45, 2.75) is 58.0 Å². The zero-order valence-electron chi connectivity index (χ0n) is 16.9. The second kappa shape index (κ2) is 11.4. The number of halogens is 3. The monoisotopic (exact) mass is 518 g/mol. The molecule has 1 aromatic carbocycles. The predicted octanol–water partition coefficient (Wildman–Crippen LogP) is 3.76. The van der Waals surface area contributed by atoms with Crippen molar-refractivity contribution in [3.05, 3.63) is 47.0 Å². The molecular formula is C20H29F2IN6. The summed E-state index contributed by atoms with van der Waals surface area (Å²) in [7, 11) is 1.69. The molecule has 29 heavy (non-hydrogen) atoms. The standard InChI is InChI=1S/C20H28F2N6.HI/c1-14(15-9-10-16(21)17(22)13-15)25-20(23-2)24-11-6-8-19-27-26-18-7-4-3-5-12-28(18)19;/h9-10,13-14H,3-8,11-12H2,1-2H3,(H2,23,24,25);1H. The van der Waals surface area contributed by atoms with Crippen LogP contribution in [0.1, 0.15) is 55.9 Å². The van der Waals surface area contributed by atoms with Gasteiger partial charge in [0, 0.05) is 33.0 Å². The average Bonchev–Trinajstić information content (AvgIpc) is 2.92. The summed E-state index contributed by atoms with van der Waals surface area (Å²) in [5.41, 5.74) is 0.660. The summed E-state index contributed by atoms with van der Waals surface area (Å²) in [6.07, 6.45) is 6.41. The van der Waals surface area contributed by atoms with Crippen LogP contribution in [-0.4, -0.2) is 34.3 Å². The summed E-state index contributed by atoms with van der Waals surface area (Å²) in [5, 5.41) is 15.1. The van der Waals surface area contributed by atoms with E-state index in [0.717, 1.165) is 50.1 Å². The normalized spacial score (nSPS) is 15.1. The molecule has 0 radical (unpaired) electrons. The number of aromatic nitrogens is 3. The van der Waals surface area contributed by atoms with Gasteiger partial charge in [-0.3, -0.25) is 4.99 Å². The highest BCUT2D eigenvalue weighted by atomic mass is 127. The predicted molar refractivity (Wildman–Crippen MR) is 121 cm³/mol. The third kappa shape index (κ3) is 6.35. The molecule has 160 valence electrons. The van der Waals surface area contributed by atoms with Gasteiger partial charge in [0.05, 0.1) is 6.04 Å². The van der Waals surface area contributed by atoms with Gasteiger partial charge in [0.15, 0.2) is 17.6 Å². The Morgan fingerprint density at radius 2 is 2.03 bits per heavy atom. The molecule has 6 nitrogen and oxygen atoms in total. The van der Waals surface area contributed by atoms with Gasteiger partial charge in [-0.25, -0.2) is 8.78 Å². The van der Waals surface area contributed by atoms with Gasteiger partial charge < -0.3 is 15.2 Å². The molecule has 0 saturated heterocycles. The van der Waals surface area contributed by atoms with E-state index in [1.54, 1.807) is 13.1 Å². The van der Waals surface area contributed by atoms with Crippen molar-refractivity contribution in [2.24, 2.45) is 4.99 Å². The van der Waals surface area contributed by atoms with E-state index in [0.29, 0.717) is 11.5 Å². The zero-order valence-corrected chi connectivity index (χ0v) is 19.2. The Bertz CT molecular complexity index is 823. The van der Waals surface area contributed by atoms with E-state index in [1.807, 2.05) is 6.92 Å². The van der Waals surface area contributed by atoms with Crippen molar-refractivity contribution in [1.29, 1.82) is 0 Å². The van der Waals surface area contributed by atoms with Gasteiger partial charge in [-0.05, 0) is 43.9 Å². The van der Waals surface area contributed by atoms with Gasteiger partial charge in [-0.1, -0.05) is 12.5 Å². The van der Waals surface area contributed by atoms with Gasteiger partial charge in [-0.2, -0.15) is 0 Å². The Hall–Kier alpha value is -1.78. The molecule has 1 aliphatic rings. The summed E-state index contributed by atoms with van der Waals surface area (Å²) in [4.78, 5) is 4.20. The number of hydrogen-bond donors (Lipinski definition) is 2. The Kier molecular flexibility index (Phi) is 9.25. The Morgan fingerprint density at radius 3 is 2.79 bits per heavy atom. The lowest BCUT2D eigenvalue weighted by Gasteiger charge is -2.18. The van der Waals surface area contributed by atoms with Crippen LogP contribution in [-0.2, 0) is 19.4 Å². The molecule has 1 unspecified atom stereocenters. The van der Waals surface area contributed by atoms with E-state index in [-0.39, 0.29) is 30.0 Å². The first-order chi connectivity index (χ1) is 13.6. The topological polar surface area (TPSA) is 67.1 Å². The molecule has 2 aromatic rings. The van der Waals surface area contributed by atoms with E-state index in [9.17, 15) is 8.78 Å². The maximum atomic E-state index is 13.4. The summed E-state index contributed by atoms with van der Waals surface area (Å²) in [5.74, 6) is 1.10. The summed E-state index contributed by atoms with van der Waals surface area (Å²) in [6, 6.07) is 3.71. The maximum absolute atomic E-state index is 13.4. The molecule has 0 saturated carbocycles. The first kappa shape index (κ1) is 23.5. The molecule has 0 fully saturated rings. The van der Waals surface area contributed by atoms with Gasteiger partial charge in [0.1, 0.15) is 11.6 Å². The lowest BCUT2D eigenvalue weighted by atomic mass is 10.1. The van der Waals surface area contributed by atoms with E-state index in [1.165, 1.54) is 25.3 Å². The molecule has 9 heteroatoms. The van der Waals surface area contributed by atoms with Crippen LogP contribution in [0.4, 0.5) is 8.78 Å². The van der Waals surface area contributed by atoms with Crippen molar-refractivity contribution < 1.29 is 8.78 Å². The summed E-state index contributed by atoms with van der Waals surface area (Å²) >= 11 is 0. The number of guanidine groups is 1. The Morgan fingerprint density at radius 1 is 1.21 bits per heavy atom. The molecule has 0 spiro atoms. The SMILES string of the molecule is CN=C(NCCCc1nnc2n1CCCCC2)NC(C)c1ccc(F)c(F)c1.I. The van der Waals surface area contributed by atoms with Crippen LogP contribution in [0.25, 0.3) is 0 Å². The first-order valence-electron chi connectivity index (χ1n) is 9.91. The van der Waals surface area contributed by atoms with Crippen molar-refractivity contribution in [1.82, 2.24) is 25.4 Å². The van der Waals surface area contributed by atoms with Crippen LogP contribution >= 0.6 is 24.0 Å². The maximum Gasteiger partial charge on any atom is 0.191 e. The lowest BCUT2D eigenvalue weighted by Crippen LogP contribution is -2.39. The molecule has 1 aliphatic heterocycles. The quantitative estimate of drug-likeness (QED) is 0.265. The number of nitrogens with one attached hydrogen (secondary N) is 2. The zero-order chi connectivity index (χ0) is 19.9. The van der Waals surface area contributed by atoms with Crippen LogP contribution in [0, 0.1) is 11.6 Å². The smallest absolute Gasteiger partial charge is 0.191 e. The average molecular weight is 518 g/mol. The van der Waals surface area contributed by atoms with Crippen LogP contribution in [0.5, 0.6) is 0 Å². The fraction of sp³-hybridized carbons (Fsp3) is 0.550. The Balaban J connectivity index is 0.00000300. The number of hydrogen-bond acceptors (Lipinski definition) is 3. The number of nitrogens with zero attached hydrogens (tertiary/aromatic N) is 4. The summed E-state index contributed by atoms with van der Waals surface area (Å²) < 4.78 is 28.8. The van der Waals surface area contributed by atoms with Crippen molar-refractivity contribution in [3.63, 3.8) is 0 Å². The fourth-order valence-corrected chi connectivity index (χ4v) is 3.45. The molecule has 0 aliphatic carbocycles. The highest BCUT2D eigenvalue weighted by Gasteiger charge is 2.14. The minimum absolute atomic E-state index is 0. The third-order valence-corrected chi connectivity index (χ3v) is 5.08. The molecule has 0 amide bonds. The minimum atomic E-state index is -0.846. The summed E-state index contributed by atoms with van der Waals surface area (Å²) in [6.45, 7) is 3.62. The molecule has 2 heterocycles. The Labute approximate surface area is 187 Å². The lowest BCUT2D eigenvalue weighted by molar-refractivity contribution is 0.504. The van der Waals surface area contributed by atoms with E-state index in [4.69, 9.17) is 0 Å². The number of aliphatic imine (C=N–C) groups is 1. The van der Waals surface area contributed by atoms with Gasteiger partial charge in [-0.15, -0.1) is 34.2 Å². The highest BCUT2D eigenvalue weighted by molar-refractivity contribution is 14.0. The van der Waals surface area contributed by atoms with Crippen LogP contribution < -0.4 is 10.6 Å². The molecule has 0 bridgehead atoms. The van der Waals surface area contributed by atoms with Crippen molar-refractivity contribution in [2.75, 3.05) is 13.6 Å². The van der Waals surface area contributed by atoms with Crippen molar-refractivity contribution in [3.8, 4) is 0 Å². The van der Waals surface area contributed by atoms with Crippen molar-refractivity contribution >= 4 is 29.9 Å². The van der Waals surface area contributed by atoms with E-state index in [2.05, 4.69) is 30.4 Å². The molecule has 1 atom stereocenters. The second-order valence-electron chi connectivity index (χ2n) is 7.14. The first-order valence-corrected chi connectivity index (χ1v) is 9.91.